The SMILES string of the molecule is C[C@H](c1ccc(-n2cncn2)cc1)[NH+](C)Cn1ccn(C)c1=S. The Kier molecular flexibility index (Phi) is 4.40. The number of benzene rings is 1. The van der Waals surface area contributed by atoms with Gasteiger partial charge in [-0.3, -0.25) is 4.57 Å². The van der Waals surface area contributed by atoms with Gasteiger partial charge in [0.15, 0.2) is 11.4 Å². The van der Waals surface area contributed by atoms with E-state index in [0.717, 1.165) is 17.1 Å². The maximum Gasteiger partial charge on any atom is 0.183 e. The van der Waals surface area contributed by atoms with Crippen molar-refractivity contribution >= 4 is 12.2 Å². The third-order valence-corrected chi connectivity index (χ3v) is 4.78. The van der Waals surface area contributed by atoms with Crippen LogP contribution in [0, 0.1) is 4.77 Å². The first-order chi connectivity index (χ1) is 11.1. The van der Waals surface area contributed by atoms with Crippen LogP contribution in [0.25, 0.3) is 5.69 Å². The Balaban J connectivity index is 1.73. The van der Waals surface area contributed by atoms with Crippen LogP contribution in [0.3, 0.4) is 0 Å². The zero-order valence-corrected chi connectivity index (χ0v) is 14.4. The van der Waals surface area contributed by atoms with Crippen LogP contribution in [-0.4, -0.2) is 30.9 Å². The van der Waals surface area contributed by atoms with E-state index in [0.29, 0.717) is 6.04 Å². The van der Waals surface area contributed by atoms with Gasteiger partial charge in [0.2, 0.25) is 0 Å². The molecule has 120 valence electrons. The van der Waals surface area contributed by atoms with Crippen LogP contribution < -0.4 is 4.90 Å². The Morgan fingerprint density at radius 1 is 1.22 bits per heavy atom. The predicted octanol–water partition coefficient (Wildman–Crippen LogP) is 1.37. The number of hydrogen-bond donors (Lipinski definition) is 1. The molecule has 0 spiro atoms. The van der Waals surface area contributed by atoms with Gasteiger partial charge < -0.3 is 9.47 Å². The Hall–Kier alpha value is -2.25. The lowest BCUT2D eigenvalue weighted by Gasteiger charge is -2.22. The quantitative estimate of drug-likeness (QED) is 0.719. The maximum atomic E-state index is 5.41. The Morgan fingerprint density at radius 2 is 1.96 bits per heavy atom. The largest absolute Gasteiger partial charge is 0.327 e. The standard InChI is InChI=1S/C16H20N6S/c1-13(20(3)12-21-9-8-19(2)16(21)23)14-4-6-15(7-5-14)22-11-17-10-18-22/h4-11,13H,12H2,1-3H3/p+1/t13-/m1/s1. The number of nitrogens with one attached hydrogen (secondary N) is 1. The molecule has 23 heavy (non-hydrogen) atoms. The topological polar surface area (TPSA) is 45.0 Å². The second kappa shape index (κ2) is 6.47. The molecule has 0 aliphatic heterocycles. The van der Waals surface area contributed by atoms with Gasteiger partial charge >= 0.3 is 0 Å². The first-order valence-electron chi connectivity index (χ1n) is 7.55. The zero-order chi connectivity index (χ0) is 16.4. The molecule has 0 saturated heterocycles. The van der Waals surface area contributed by atoms with Crippen molar-refractivity contribution in [2.45, 2.75) is 19.6 Å². The molecule has 0 fully saturated rings. The second-order valence-electron chi connectivity index (χ2n) is 5.82. The van der Waals surface area contributed by atoms with Crippen LogP contribution in [-0.2, 0) is 13.7 Å². The highest BCUT2D eigenvalue weighted by molar-refractivity contribution is 7.71. The summed E-state index contributed by atoms with van der Waals surface area (Å²) < 4.78 is 6.66. The van der Waals surface area contributed by atoms with Crippen LogP contribution in [0.15, 0.2) is 49.3 Å². The molecule has 0 radical (unpaired) electrons. The highest BCUT2D eigenvalue weighted by Crippen LogP contribution is 2.13. The number of rotatable bonds is 5. The Labute approximate surface area is 140 Å². The van der Waals surface area contributed by atoms with Crippen molar-refractivity contribution in [3.63, 3.8) is 0 Å². The van der Waals surface area contributed by atoms with Crippen molar-refractivity contribution in [1.82, 2.24) is 23.9 Å². The van der Waals surface area contributed by atoms with E-state index in [1.807, 2.05) is 24.0 Å². The lowest BCUT2D eigenvalue weighted by atomic mass is 10.1. The number of aryl methyl sites for hydroxylation is 1. The van der Waals surface area contributed by atoms with Gasteiger partial charge in [-0.25, -0.2) is 9.67 Å². The van der Waals surface area contributed by atoms with Gasteiger partial charge in [0.05, 0.1) is 12.7 Å². The van der Waals surface area contributed by atoms with E-state index in [1.165, 1.54) is 16.8 Å². The van der Waals surface area contributed by atoms with Crippen molar-refractivity contribution in [3.05, 3.63) is 59.6 Å². The van der Waals surface area contributed by atoms with E-state index in [-0.39, 0.29) is 0 Å². The third-order valence-electron chi connectivity index (χ3n) is 4.25. The minimum atomic E-state index is 0.363. The summed E-state index contributed by atoms with van der Waals surface area (Å²) in [5, 5.41) is 4.15. The normalized spacial score (nSPS) is 13.9. The summed E-state index contributed by atoms with van der Waals surface area (Å²) in [4.78, 5) is 5.35. The van der Waals surface area contributed by atoms with Crippen LogP contribution in [0.1, 0.15) is 18.5 Å². The smallest absolute Gasteiger partial charge is 0.183 e. The maximum absolute atomic E-state index is 5.41. The van der Waals surface area contributed by atoms with Crippen LogP contribution in [0.5, 0.6) is 0 Å². The predicted molar refractivity (Wildman–Crippen MR) is 90.9 cm³/mol. The average Bonchev–Trinajstić information content (AvgIpc) is 3.20. The van der Waals surface area contributed by atoms with Gasteiger partial charge in [0, 0.05) is 25.0 Å². The lowest BCUT2D eigenvalue weighted by Crippen LogP contribution is -3.08. The Morgan fingerprint density at radius 3 is 2.52 bits per heavy atom. The zero-order valence-electron chi connectivity index (χ0n) is 13.5. The number of nitrogens with zero attached hydrogens (tertiary/aromatic N) is 5. The second-order valence-corrected chi connectivity index (χ2v) is 6.18. The summed E-state index contributed by atoms with van der Waals surface area (Å²) in [6.07, 6.45) is 7.27. The van der Waals surface area contributed by atoms with Gasteiger partial charge in [0.25, 0.3) is 0 Å². The summed E-state index contributed by atoms with van der Waals surface area (Å²) in [5.74, 6) is 0. The van der Waals surface area contributed by atoms with Crippen LogP contribution in [0.2, 0.25) is 0 Å². The molecule has 0 aliphatic rings. The first kappa shape index (κ1) is 15.6. The third kappa shape index (κ3) is 3.25. The van der Waals surface area contributed by atoms with Crippen molar-refractivity contribution in [2.24, 2.45) is 7.05 Å². The summed E-state index contributed by atoms with van der Waals surface area (Å²) in [6, 6.07) is 8.80. The molecule has 0 aliphatic carbocycles. The van der Waals surface area contributed by atoms with E-state index in [4.69, 9.17) is 12.2 Å². The molecule has 2 atom stereocenters. The molecule has 0 saturated carbocycles. The molecular formula is C16H21N6S+. The molecule has 1 N–H and O–H groups in total. The van der Waals surface area contributed by atoms with Crippen molar-refractivity contribution < 1.29 is 4.90 Å². The molecule has 3 rings (SSSR count). The van der Waals surface area contributed by atoms with Gasteiger partial charge in [-0.15, -0.1) is 0 Å². The van der Waals surface area contributed by atoms with E-state index in [2.05, 4.69) is 52.9 Å². The molecule has 3 aromatic rings. The summed E-state index contributed by atoms with van der Waals surface area (Å²) in [7, 11) is 4.16. The fourth-order valence-electron chi connectivity index (χ4n) is 2.58. The van der Waals surface area contributed by atoms with Gasteiger partial charge in [0.1, 0.15) is 18.7 Å². The molecule has 0 amide bonds. The number of aromatic nitrogens is 5. The highest BCUT2D eigenvalue weighted by Gasteiger charge is 2.16. The Bertz CT molecular complexity index is 815. The minimum absolute atomic E-state index is 0.363. The van der Waals surface area contributed by atoms with Crippen LogP contribution in [0.4, 0.5) is 0 Å². The molecule has 2 heterocycles. The molecule has 6 nitrogen and oxygen atoms in total. The lowest BCUT2D eigenvalue weighted by molar-refractivity contribution is -0.932. The molecule has 1 aromatic carbocycles. The fraction of sp³-hybridized carbons (Fsp3) is 0.312. The number of imidazole rings is 1. The van der Waals surface area contributed by atoms with Gasteiger partial charge in [-0.1, -0.05) is 12.1 Å². The number of hydrogen-bond acceptors (Lipinski definition) is 3. The van der Waals surface area contributed by atoms with Crippen molar-refractivity contribution in [1.29, 1.82) is 0 Å². The van der Waals surface area contributed by atoms with Crippen LogP contribution >= 0.6 is 12.2 Å². The summed E-state index contributed by atoms with van der Waals surface area (Å²) >= 11 is 5.41. The van der Waals surface area contributed by atoms with E-state index < -0.39 is 0 Å². The van der Waals surface area contributed by atoms with E-state index in [1.54, 1.807) is 11.0 Å². The van der Waals surface area contributed by atoms with Crippen molar-refractivity contribution in [3.8, 4) is 5.69 Å². The van der Waals surface area contributed by atoms with Gasteiger partial charge in [-0.05, 0) is 31.3 Å². The van der Waals surface area contributed by atoms with E-state index in [9.17, 15) is 0 Å². The first-order valence-corrected chi connectivity index (χ1v) is 7.96. The number of quaternary nitrogens is 1. The molecule has 0 bridgehead atoms. The average molecular weight is 329 g/mol. The molecular weight excluding hydrogens is 308 g/mol. The highest BCUT2D eigenvalue weighted by atomic mass is 32.1. The fourth-order valence-corrected chi connectivity index (χ4v) is 2.76. The van der Waals surface area contributed by atoms with Gasteiger partial charge in [-0.2, -0.15) is 5.10 Å². The molecule has 2 aromatic heterocycles. The monoisotopic (exact) mass is 329 g/mol. The van der Waals surface area contributed by atoms with Crippen molar-refractivity contribution in [2.75, 3.05) is 7.05 Å². The molecule has 7 heteroatoms. The minimum Gasteiger partial charge on any atom is -0.327 e. The van der Waals surface area contributed by atoms with E-state index >= 15 is 0 Å². The summed E-state index contributed by atoms with van der Waals surface area (Å²) in [5.41, 5.74) is 2.30. The summed E-state index contributed by atoms with van der Waals surface area (Å²) in [6.45, 7) is 3.07. The molecule has 1 unspecified atom stereocenters.